The zero-order chi connectivity index (χ0) is 15.9. The molecule has 0 aliphatic carbocycles. The van der Waals surface area contributed by atoms with Gasteiger partial charge < -0.3 is 5.11 Å². The molecular weight excluding hydrogens is 306 g/mol. The van der Waals surface area contributed by atoms with E-state index in [0.29, 0.717) is 0 Å². The second kappa shape index (κ2) is 4.92. The summed E-state index contributed by atoms with van der Waals surface area (Å²) in [5, 5.41) is 9.27. The number of nitrogens with zero attached hydrogens (tertiary/aromatic N) is 3. The minimum Gasteiger partial charge on any atom is -0.476 e. The number of rotatable bonds is 3. The van der Waals surface area contributed by atoms with Crippen LogP contribution < -0.4 is 0 Å². The van der Waals surface area contributed by atoms with Crippen LogP contribution in [0.3, 0.4) is 0 Å². The van der Waals surface area contributed by atoms with Gasteiger partial charge in [0.05, 0.1) is 10.3 Å². The van der Waals surface area contributed by atoms with E-state index in [1.165, 1.54) is 24.4 Å². The van der Waals surface area contributed by atoms with Crippen molar-refractivity contribution in [2.24, 2.45) is 0 Å². The summed E-state index contributed by atoms with van der Waals surface area (Å²) >= 11 is 0. The van der Waals surface area contributed by atoms with Gasteiger partial charge in [-0.15, -0.1) is 0 Å². The van der Waals surface area contributed by atoms with Gasteiger partial charge in [-0.05, 0) is 25.1 Å². The van der Waals surface area contributed by atoms with Crippen molar-refractivity contribution in [1.82, 2.24) is 13.9 Å². The van der Waals surface area contributed by atoms with Gasteiger partial charge >= 0.3 is 5.97 Å². The first kappa shape index (κ1) is 14.2. The lowest BCUT2D eigenvalue weighted by Gasteiger charge is -2.07. The molecule has 0 aliphatic rings. The molecule has 2 aromatic heterocycles. The Bertz CT molecular complexity index is 975. The number of fused-ring (bicyclic) bond motifs is 1. The Morgan fingerprint density at radius 1 is 1.14 bits per heavy atom. The molecule has 3 rings (SSSR count). The van der Waals surface area contributed by atoms with E-state index >= 15 is 0 Å². The quantitative estimate of drug-likeness (QED) is 0.788. The molecule has 22 heavy (non-hydrogen) atoms. The molecule has 112 valence electrons. The van der Waals surface area contributed by atoms with E-state index in [0.717, 1.165) is 15.9 Å². The highest BCUT2D eigenvalue weighted by atomic mass is 32.2. The van der Waals surface area contributed by atoms with Gasteiger partial charge in [-0.1, -0.05) is 17.7 Å². The molecular formula is C14H11N3O4S. The van der Waals surface area contributed by atoms with Crippen molar-refractivity contribution >= 4 is 27.0 Å². The Kier molecular flexibility index (Phi) is 3.18. The molecule has 0 fully saturated rings. The molecule has 3 aromatic rings. The number of carboxylic acid groups (broad SMARTS) is 1. The second-order valence-electron chi connectivity index (χ2n) is 4.69. The molecule has 0 spiro atoms. The second-order valence-corrected chi connectivity index (χ2v) is 6.51. The maximum Gasteiger partial charge on any atom is 0.355 e. The molecule has 0 atom stereocenters. The number of aromatic nitrogens is 3. The van der Waals surface area contributed by atoms with Crippen LogP contribution in [0.2, 0.25) is 0 Å². The van der Waals surface area contributed by atoms with Crippen molar-refractivity contribution < 1.29 is 18.3 Å². The Morgan fingerprint density at radius 2 is 1.82 bits per heavy atom. The van der Waals surface area contributed by atoms with Crippen LogP contribution >= 0.6 is 0 Å². The summed E-state index contributed by atoms with van der Waals surface area (Å²) in [7, 11) is -3.85. The lowest BCUT2D eigenvalue weighted by molar-refractivity contribution is 0.0692. The van der Waals surface area contributed by atoms with Crippen molar-refractivity contribution in [3.8, 4) is 0 Å². The van der Waals surface area contributed by atoms with E-state index < -0.39 is 16.0 Å². The van der Waals surface area contributed by atoms with Crippen molar-refractivity contribution in [1.29, 1.82) is 0 Å². The first-order chi connectivity index (χ1) is 10.4. The number of benzene rings is 1. The van der Waals surface area contributed by atoms with Crippen LogP contribution in [-0.2, 0) is 10.0 Å². The Morgan fingerprint density at radius 3 is 2.45 bits per heavy atom. The molecule has 0 radical (unpaired) electrons. The SMILES string of the molecule is Cc1ccc(S(=O)(=O)n2ccc3c(C(=O)O)ncnc32)cc1. The lowest BCUT2D eigenvalue weighted by atomic mass is 10.2. The predicted octanol–water partition coefficient (Wildman–Crippen LogP) is 1.67. The van der Waals surface area contributed by atoms with Gasteiger partial charge in [0, 0.05) is 6.20 Å². The molecule has 1 N–H and O–H groups in total. The van der Waals surface area contributed by atoms with Gasteiger partial charge in [0.1, 0.15) is 6.33 Å². The van der Waals surface area contributed by atoms with Gasteiger partial charge in [0.25, 0.3) is 10.0 Å². The summed E-state index contributed by atoms with van der Waals surface area (Å²) in [6.45, 7) is 1.85. The van der Waals surface area contributed by atoms with Crippen molar-refractivity contribution in [2.75, 3.05) is 0 Å². The van der Waals surface area contributed by atoms with E-state index in [2.05, 4.69) is 9.97 Å². The van der Waals surface area contributed by atoms with E-state index in [4.69, 9.17) is 5.11 Å². The largest absolute Gasteiger partial charge is 0.476 e. The van der Waals surface area contributed by atoms with Crippen molar-refractivity contribution in [3.05, 3.63) is 54.1 Å². The summed E-state index contributed by atoms with van der Waals surface area (Å²) < 4.78 is 26.3. The number of aromatic carboxylic acids is 1. The monoisotopic (exact) mass is 317 g/mol. The van der Waals surface area contributed by atoms with E-state index in [1.54, 1.807) is 12.1 Å². The minimum absolute atomic E-state index is 0.0352. The summed E-state index contributed by atoms with van der Waals surface area (Å²) in [5.74, 6) is -1.24. The van der Waals surface area contributed by atoms with Gasteiger partial charge in [-0.2, -0.15) is 0 Å². The van der Waals surface area contributed by atoms with Crippen LogP contribution in [0.15, 0.2) is 47.8 Å². The molecule has 0 saturated carbocycles. The molecule has 8 heteroatoms. The average molecular weight is 317 g/mol. The van der Waals surface area contributed by atoms with Gasteiger partial charge in [0.15, 0.2) is 11.3 Å². The van der Waals surface area contributed by atoms with E-state index in [1.807, 2.05) is 6.92 Å². The number of carboxylic acids is 1. The molecule has 7 nitrogen and oxygen atoms in total. The fourth-order valence-corrected chi connectivity index (χ4v) is 3.42. The first-order valence-corrected chi connectivity index (χ1v) is 7.73. The summed E-state index contributed by atoms with van der Waals surface area (Å²) in [6.07, 6.45) is 2.31. The number of aryl methyl sites for hydroxylation is 1. The summed E-state index contributed by atoms with van der Waals surface area (Å²) in [6, 6.07) is 7.75. The van der Waals surface area contributed by atoms with Crippen LogP contribution in [-0.4, -0.2) is 33.4 Å². The molecule has 1 aromatic carbocycles. The molecule has 0 unspecified atom stereocenters. The number of hydrogen-bond donors (Lipinski definition) is 1. The molecule has 0 aliphatic heterocycles. The zero-order valence-corrected chi connectivity index (χ0v) is 12.3. The van der Waals surface area contributed by atoms with Crippen molar-refractivity contribution in [2.45, 2.75) is 11.8 Å². The summed E-state index contributed by atoms with van der Waals surface area (Å²) in [4.78, 5) is 18.8. The molecule has 0 saturated heterocycles. The maximum absolute atomic E-state index is 12.7. The topological polar surface area (TPSA) is 102 Å². The maximum atomic E-state index is 12.7. The molecule has 0 amide bonds. The van der Waals surface area contributed by atoms with Crippen LogP contribution in [0.1, 0.15) is 16.1 Å². The standard InChI is InChI=1S/C14H11N3O4S/c1-9-2-4-10(5-3-9)22(20,21)17-7-6-11-12(14(18)19)15-8-16-13(11)17/h2-8H,1H3,(H,18,19). The normalized spacial score (nSPS) is 11.7. The Hall–Kier alpha value is -2.74. The highest BCUT2D eigenvalue weighted by molar-refractivity contribution is 7.90. The fourth-order valence-electron chi connectivity index (χ4n) is 2.12. The van der Waals surface area contributed by atoms with E-state index in [-0.39, 0.29) is 21.6 Å². The van der Waals surface area contributed by atoms with Crippen LogP contribution in [0.25, 0.3) is 11.0 Å². The predicted molar refractivity (Wildman–Crippen MR) is 78.3 cm³/mol. The number of carbonyl (C=O) groups is 1. The van der Waals surface area contributed by atoms with Crippen LogP contribution in [0.5, 0.6) is 0 Å². The van der Waals surface area contributed by atoms with Crippen molar-refractivity contribution in [3.63, 3.8) is 0 Å². The smallest absolute Gasteiger partial charge is 0.355 e. The Labute approximate surface area is 125 Å². The fraction of sp³-hybridized carbons (Fsp3) is 0.0714. The third-order valence-electron chi connectivity index (χ3n) is 3.23. The lowest BCUT2D eigenvalue weighted by Crippen LogP contribution is -2.13. The highest BCUT2D eigenvalue weighted by Gasteiger charge is 2.22. The van der Waals surface area contributed by atoms with Gasteiger partial charge in [0.2, 0.25) is 0 Å². The van der Waals surface area contributed by atoms with Gasteiger partial charge in [-0.25, -0.2) is 27.2 Å². The van der Waals surface area contributed by atoms with Crippen LogP contribution in [0.4, 0.5) is 0 Å². The number of hydrogen-bond acceptors (Lipinski definition) is 5. The Balaban J connectivity index is 2.24. The molecule has 2 heterocycles. The first-order valence-electron chi connectivity index (χ1n) is 6.29. The zero-order valence-electron chi connectivity index (χ0n) is 11.5. The van der Waals surface area contributed by atoms with E-state index in [9.17, 15) is 13.2 Å². The molecule has 0 bridgehead atoms. The highest BCUT2D eigenvalue weighted by Crippen LogP contribution is 2.22. The minimum atomic E-state index is -3.85. The van der Waals surface area contributed by atoms with Crippen LogP contribution in [0, 0.1) is 6.92 Å². The third-order valence-corrected chi connectivity index (χ3v) is 4.91. The third kappa shape index (κ3) is 2.13. The summed E-state index contributed by atoms with van der Waals surface area (Å²) in [5.41, 5.74) is 0.739. The average Bonchev–Trinajstić information content (AvgIpc) is 2.92. The van der Waals surface area contributed by atoms with Gasteiger partial charge in [-0.3, -0.25) is 0 Å².